The molecule has 0 N–H and O–H groups in total. The molecule has 0 unspecified atom stereocenters. The van der Waals surface area contributed by atoms with E-state index in [0.717, 1.165) is 42.1 Å². The molecular weight excluding hydrogens is 387 g/mol. The molecule has 0 amide bonds. The van der Waals surface area contributed by atoms with E-state index in [1.54, 1.807) is 24.0 Å². The van der Waals surface area contributed by atoms with Gasteiger partial charge in [0.15, 0.2) is 0 Å². The number of hydrogen-bond acceptors (Lipinski definition) is 5. The number of carbonyl (C=O) groups is 1. The maximum Gasteiger partial charge on any atom is 0.306 e. The van der Waals surface area contributed by atoms with E-state index in [0.29, 0.717) is 29.9 Å². The van der Waals surface area contributed by atoms with Crippen molar-refractivity contribution in [3.05, 3.63) is 42.3 Å². The lowest BCUT2D eigenvalue weighted by atomic mass is 9.93. The third kappa shape index (κ3) is 5.72. The Bertz CT molecular complexity index is 835. The monoisotopic (exact) mass is 416 g/mol. The highest BCUT2D eigenvalue weighted by Gasteiger charge is 2.24. The largest absolute Gasteiger partial charge is 0.466 e. The third-order valence-corrected chi connectivity index (χ3v) is 6.11. The summed E-state index contributed by atoms with van der Waals surface area (Å²) in [6, 6.07) is 9.34. The SMILES string of the molecule is CCOC(=O)CC1CCN(c2ccc(-c3cccnc3SC(C)C)cc2F)CC1. The number of nitrogens with zero attached hydrogens (tertiary/aromatic N) is 2. The first-order valence-electron chi connectivity index (χ1n) is 10.3. The smallest absolute Gasteiger partial charge is 0.306 e. The van der Waals surface area contributed by atoms with Crippen molar-refractivity contribution < 1.29 is 13.9 Å². The molecule has 0 radical (unpaired) electrons. The van der Waals surface area contributed by atoms with Crippen molar-refractivity contribution in [3.63, 3.8) is 0 Å². The third-order valence-electron chi connectivity index (χ3n) is 5.09. The summed E-state index contributed by atoms with van der Waals surface area (Å²) in [4.78, 5) is 18.2. The zero-order valence-corrected chi connectivity index (χ0v) is 18.2. The van der Waals surface area contributed by atoms with Gasteiger partial charge in [-0.1, -0.05) is 26.0 Å². The fourth-order valence-electron chi connectivity index (χ4n) is 3.69. The van der Waals surface area contributed by atoms with Crippen molar-refractivity contribution in [2.75, 3.05) is 24.6 Å². The number of thioether (sulfide) groups is 1. The van der Waals surface area contributed by atoms with Gasteiger partial charge in [0.1, 0.15) is 10.8 Å². The van der Waals surface area contributed by atoms with Crippen LogP contribution in [-0.2, 0) is 9.53 Å². The normalized spacial score (nSPS) is 15.0. The number of anilines is 1. The standard InChI is InChI=1S/C23H29FN2O2S/c1-4-28-22(27)14-17-9-12-26(13-10-17)21-8-7-18(15-20(21)24)19-6-5-11-25-23(19)29-16(2)3/h5-8,11,15-17H,4,9-10,12-14H2,1-3H3. The predicted octanol–water partition coefficient (Wildman–Crippen LogP) is 5.56. The summed E-state index contributed by atoms with van der Waals surface area (Å²) in [5.41, 5.74) is 2.44. The number of piperidine rings is 1. The molecule has 1 fully saturated rings. The van der Waals surface area contributed by atoms with E-state index in [4.69, 9.17) is 4.74 Å². The molecule has 1 aliphatic rings. The fraction of sp³-hybridized carbons (Fsp3) is 0.478. The van der Waals surface area contributed by atoms with Crippen molar-refractivity contribution in [3.8, 4) is 11.1 Å². The molecule has 1 aliphatic heterocycles. The summed E-state index contributed by atoms with van der Waals surface area (Å²) in [7, 11) is 0. The lowest BCUT2D eigenvalue weighted by Crippen LogP contribution is -2.35. The van der Waals surface area contributed by atoms with E-state index in [9.17, 15) is 9.18 Å². The molecule has 6 heteroatoms. The zero-order chi connectivity index (χ0) is 20.8. The summed E-state index contributed by atoms with van der Waals surface area (Å²) in [6.07, 6.45) is 3.98. The highest BCUT2D eigenvalue weighted by atomic mass is 32.2. The Morgan fingerprint density at radius 3 is 2.72 bits per heavy atom. The van der Waals surface area contributed by atoms with Crippen LogP contribution in [0.3, 0.4) is 0 Å². The number of pyridine rings is 1. The van der Waals surface area contributed by atoms with E-state index in [-0.39, 0.29) is 11.8 Å². The highest BCUT2D eigenvalue weighted by Crippen LogP contribution is 2.35. The van der Waals surface area contributed by atoms with Crippen LogP contribution in [0, 0.1) is 11.7 Å². The Morgan fingerprint density at radius 2 is 2.07 bits per heavy atom. The van der Waals surface area contributed by atoms with Crippen LogP contribution in [0.2, 0.25) is 0 Å². The molecular formula is C23H29FN2O2S. The average Bonchev–Trinajstić information content (AvgIpc) is 2.69. The maximum atomic E-state index is 15.0. The van der Waals surface area contributed by atoms with Gasteiger partial charge in [-0.15, -0.1) is 11.8 Å². The van der Waals surface area contributed by atoms with Gasteiger partial charge in [0.05, 0.1) is 12.3 Å². The van der Waals surface area contributed by atoms with Gasteiger partial charge in [-0.3, -0.25) is 4.79 Å². The summed E-state index contributed by atoms with van der Waals surface area (Å²) in [6.45, 7) is 7.99. The molecule has 0 spiro atoms. The van der Waals surface area contributed by atoms with Gasteiger partial charge in [0, 0.05) is 36.5 Å². The molecule has 156 valence electrons. The molecule has 2 aromatic rings. The lowest BCUT2D eigenvalue weighted by Gasteiger charge is -2.33. The van der Waals surface area contributed by atoms with E-state index in [1.165, 1.54) is 0 Å². The molecule has 0 saturated carbocycles. The molecule has 0 aliphatic carbocycles. The van der Waals surface area contributed by atoms with Gasteiger partial charge in [-0.25, -0.2) is 9.37 Å². The minimum atomic E-state index is -0.212. The van der Waals surface area contributed by atoms with E-state index >= 15 is 0 Å². The van der Waals surface area contributed by atoms with Crippen molar-refractivity contribution in [2.45, 2.75) is 50.3 Å². The van der Waals surface area contributed by atoms with E-state index in [1.807, 2.05) is 31.2 Å². The molecule has 1 aromatic heterocycles. The molecule has 4 nitrogen and oxygen atoms in total. The lowest BCUT2D eigenvalue weighted by molar-refractivity contribution is -0.144. The molecule has 1 saturated heterocycles. The van der Waals surface area contributed by atoms with Crippen LogP contribution in [0.1, 0.15) is 40.0 Å². The summed E-state index contributed by atoms with van der Waals surface area (Å²) >= 11 is 1.68. The molecule has 3 rings (SSSR count). The van der Waals surface area contributed by atoms with E-state index < -0.39 is 0 Å². The average molecular weight is 417 g/mol. The first-order valence-corrected chi connectivity index (χ1v) is 11.2. The molecule has 0 atom stereocenters. The van der Waals surface area contributed by atoms with Crippen LogP contribution >= 0.6 is 11.8 Å². The first kappa shape index (κ1) is 21.6. The number of carbonyl (C=O) groups excluding carboxylic acids is 1. The number of halogens is 1. The van der Waals surface area contributed by atoms with E-state index in [2.05, 4.69) is 23.7 Å². The highest BCUT2D eigenvalue weighted by molar-refractivity contribution is 7.99. The second-order valence-electron chi connectivity index (χ2n) is 7.63. The van der Waals surface area contributed by atoms with Gasteiger partial charge in [-0.2, -0.15) is 0 Å². The van der Waals surface area contributed by atoms with Gasteiger partial charge >= 0.3 is 5.97 Å². The zero-order valence-electron chi connectivity index (χ0n) is 17.4. The van der Waals surface area contributed by atoms with Crippen LogP contribution < -0.4 is 4.90 Å². The minimum absolute atomic E-state index is 0.131. The summed E-state index contributed by atoms with van der Waals surface area (Å²) in [5.74, 6) is -0.0256. The van der Waals surface area contributed by atoms with Gasteiger partial charge in [0.2, 0.25) is 0 Å². The van der Waals surface area contributed by atoms with Crippen LogP contribution in [0.25, 0.3) is 11.1 Å². The van der Waals surface area contributed by atoms with Crippen LogP contribution in [0.5, 0.6) is 0 Å². The number of benzene rings is 1. The Kier molecular flexibility index (Phi) is 7.53. The second kappa shape index (κ2) is 10.1. The van der Waals surface area contributed by atoms with Crippen molar-refractivity contribution in [1.29, 1.82) is 0 Å². The number of hydrogen-bond donors (Lipinski definition) is 0. The summed E-state index contributed by atoms with van der Waals surface area (Å²) < 4.78 is 20.0. The van der Waals surface area contributed by atoms with Gasteiger partial charge in [-0.05, 0) is 49.4 Å². The number of ether oxygens (including phenoxy) is 1. The Morgan fingerprint density at radius 1 is 1.31 bits per heavy atom. The molecule has 1 aromatic carbocycles. The second-order valence-corrected chi connectivity index (χ2v) is 9.19. The van der Waals surface area contributed by atoms with Gasteiger partial charge in [0.25, 0.3) is 0 Å². The summed E-state index contributed by atoms with van der Waals surface area (Å²) in [5, 5.41) is 1.33. The Balaban J connectivity index is 1.69. The number of esters is 1. The van der Waals surface area contributed by atoms with Crippen molar-refractivity contribution in [1.82, 2.24) is 4.98 Å². The first-order chi connectivity index (χ1) is 14.0. The fourth-order valence-corrected chi connectivity index (χ4v) is 4.57. The topological polar surface area (TPSA) is 42.4 Å². The minimum Gasteiger partial charge on any atom is -0.466 e. The number of rotatable bonds is 7. The number of aromatic nitrogens is 1. The van der Waals surface area contributed by atoms with Crippen LogP contribution in [0.15, 0.2) is 41.6 Å². The predicted molar refractivity (Wildman–Crippen MR) is 117 cm³/mol. The maximum absolute atomic E-state index is 15.0. The Hall–Kier alpha value is -2.08. The molecule has 29 heavy (non-hydrogen) atoms. The van der Waals surface area contributed by atoms with Crippen molar-refractivity contribution in [2.24, 2.45) is 5.92 Å². The molecule has 2 heterocycles. The van der Waals surface area contributed by atoms with Crippen LogP contribution in [-0.4, -0.2) is 35.9 Å². The van der Waals surface area contributed by atoms with Crippen molar-refractivity contribution >= 4 is 23.4 Å². The molecule has 0 bridgehead atoms. The van der Waals surface area contributed by atoms with Gasteiger partial charge < -0.3 is 9.64 Å². The Labute approximate surface area is 176 Å². The van der Waals surface area contributed by atoms with Crippen LogP contribution in [0.4, 0.5) is 10.1 Å². The quantitative estimate of drug-likeness (QED) is 0.437.